The predicted octanol–water partition coefficient (Wildman–Crippen LogP) is 1.46. The molecule has 76 valence electrons. The van der Waals surface area contributed by atoms with E-state index in [2.05, 4.69) is 29.7 Å². The van der Waals surface area contributed by atoms with Crippen LogP contribution in [0.15, 0.2) is 28.2 Å². The van der Waals surface area contributed by atoms with Gasteiger partial charge in [-0.3, -0.25) is 9.89 Å². The minimum absolute atomic E-state index is 0.598. The quantitative estimate of drug-likeness (QED) is 0.543. The number of nitrogens with two attached hydrogens (primary N) is 1. The first kappa shape index (κ1) is 10.5. The molecule has 0 saturated carbocycles. The van der Waals surface area contributed by atoms with Crippen LogP contribution in [0.3, 0.4) is 0 Å². The molecule has 0 atom stereocenters. The molecular weight excluding hydrogens is 176 g/mol. The Morgan fingerprint density at radius 3 is 3.00 bits per heavy atom. The summed E-state index contributed by atoms with van der Waals surface area (Å²) in [4.78, 5) is 10.1. The molecule has 0 aromatic carbocycles. The van der Waals surface area contributed by atoms with Crippen molar-refractivity contribution in [3.05, 3.63) is 18.2 Å². The van der Waals surface area contributed by atoms with E-state index in [0.29, 0.717) is 5.82 Å². The highest BCUT2D eigenvalue weighted by Crippen LogP contribution is 2.06. The normalized spacial score (nSPS) is 16.0. The number of rotatable bonds is 3. The van der Waals surface area contributed by atoms with E-state index in [9.17, 15) is 0 Å². The van der Waals surface area contributed by atoms with Gasteiger partial charge >= 0.3 is 0 Å². The van der Waals surface area contributed by atoms with Gasteiger partial charge in [-0.05, 0) is 6.42 Å². The lowest BCUT2D eigenvalue weighted by Crippen LogP contribution is -2.30. The van der Waals surface area contributed by atoms with Crippen LogP contribution in [0.25, 0.3) is 0 Å². The van der Waals surface area contributed by atoms with Gasteiger partial charge in [-0.15, -0.1) is 0 Å². The molecule has 0 aromatic rings. The van der Waals surface area contributed by atoms with E-state index in [-0.39, 0.29) is 0 Å². The molecule has 0 aromatic heterocycles. The SMILES string of the molecule is CCCN=C(CC)N1C=C=NC=C1N. The zero-order chi connectivity index (χ0) is 10.4. The smallest absolute Gasteiger partial charge is 0.128 e. The van der Waals surface area contributed by atoms with Crippen LogP contribution in [-0.2, 0) is 0 Å². The molecule has 2 N–H and O–H groups in total. The highest BCUT2D eigenvalue weighted by Gasteiger charge is 2.10. The van der Waals surface area contributed by atoms with E-state index < -0.39 is 0 Å². The summed E-state index contributed by atoms with van der Waals surface area (Å²) < 4.78 is 0. The molecule has 0 aliphatic carbocycles. The van der Waals surface area contributed by atoms with Gasteiger partial charge in [0.05, 0.1) is 12.4 Å². The Kier molecular flexibility index (Phi) is 3.95. The summed E-state index contributed by atoms with van der Waals surface area (Å²) in [6, 6.07) is 0. The summed E-state index contributed by atoms with van der Waals surface area (Å²) in [6.07, 6.45) is 5.19. The maximum Gasteiger partial charge on any atom is 0.128 e. The van der Waals surface area contributed by atoms with Gasteiger partial charge in [0.2, 0.25) is 0 Å². The van der Waals surface area contributed by atoms with E-state index in [4.69, 9.17) is 5.73 Å². The van der Waals surface area contributed by atoms with E-state index in [1.165, 1.54) is 0 Å². The molecule has 0 saturated heterocycles. The van der Waals surface area contributed by atoms with Crippen molar-refractivity contribution in [3.63, 3.8) is 0 Å². The molecule has 0 spiro atoms. The Balaban J connectivity index is 2.80. The Bertz CT molecular complexity index is 308. The van der Waals surface area contributed by atoms with Gasteiger partial charge in [0, 0.05) is 18.8 Å². The molecule has 1 aliphatic rings. The Labute approximate surface area is 84.5 Å². The van der Waals surface area contributed by atoms with Crippen LogP contribution in [0.2, 0.25) is 0 Å². The van der Waals surface area contributed by atoms with Crippen molar-refractivity contribution in [1.29, 1.82) is 0 Å². The summed E-state index contributed by atoms with van der Waals surface area (Å²) in [5.74, 6) is 4.30. The van der Waals surface area contributed by atoms with Gasteiger partial charge in [0.25, 0.3) is 0 Å². The summed E-state index contributed by atoms with van der Waals surface area (Å²) in [5, 5.41) is 0. The lowest BCUT2D eigenvalue weighted by molar-refractivity contribution is 0.651. The van der Waals surface area contributed by atoms with Crippen LogP contribution in [0.4, 0.5) is 0 Å². The van der Waals surface area contributed by atoms with Gasteiger partial charge in [-0.2, -0.15) is 0 Å². The number of hydrogen-bond donors (Lipinski definition) is 1. The molecule has 14 heavy (non-hydrogen) atoms. The molecule has 1 rings (SSSR count). The molecule has 0 radical (unpaired) electrons. The molecule has 4 heteroatoms. The second-order valence-electron chi connectivity index (χ2n) is 2.96. The highest BCUT2D eigenvalue weighted by molar-refractivity contribution is 5.86. The summed E-state index contributed by atoms with van der Waals surface area (Å²) in [6.45, 7) is 4.99. The average Bonchev–Trinajstić information content (AvgIpc) is 2.21. The first-order valence-electron chi connectivity index (χ1n) is 4.86. The molecule has 0 unspecified atom stereocenters. The summed E-state index contributed by atoms with van der Waals surface area (Å²) in [7, 11) is 0. The topological polar surface area (TPSA) is 54.0 Å². The van der Waals surface area contributed by atoms with Gasteiger partial charge in [0.15, 0.2) is 0 Å². The van der Waals surface area contributed by atoms with Crippen LogP contribution >= 0.6 is 0 Å². The third-order valence-electron chi connectivity index (χ3n) is 1.85. The molecular formula is C10H16N4. The van der Waals surface area contributed by atoms with Crippen molar-refractivity contribution in [2.75, 3.05) is 6.54 Å². The molecule has 1 heterocycles. The van der Waals surface area contributed by atoms with Gasteiger partial charge < -0.3 is 5.73 Å². The van der Waals surface area contributed by atoms with E-state index in [1.54, 1.807) is 12.4 Å². The standard InChI is InChI=1S/C10H16N4/c1-3-5-13-10(4-2)14-7-6-12-8-9(14)11/h7-8H,3-5,11H2,1-2H3. The van der Waals surface area contributed by atoms with Crippen LogP contribution in [0.1, 0.15) is 26.7 Å². The monoisotopic (exact) mass is 192 g/mol. The number of aliphatic imine (C=N–C) groups is 2. The van der Waals surface area contributed by atoms with Crippen molar-refractivity contribution in [1.82, 2.24) is 4.90 Å². The third-order valence-corrected chi connectivity index (χ3v) is 1.85. The predicted molar refractivity (Wildman–Crippen MR) is 59.0 cm³/mol. The number of nitrogens with zero attached hydrogens (tertiary/aromatic N) is 3. The Morgan fingerprint density at radius 1 is 1.64 bits per heavy atom. The van der Waals surface area contributed by atoms with Crippen LogP contribution in [0, 0.1) is 0 Å². The molecule has 4 nitrogen and oxygen atoms in total. The second-order valence-corrected chi connectivity index (χ2v) is 2.96. The lowest BCUT2D eigenvalue weighted by Gasteiger charge is -2.21. The van der Waals surface area contributed by atoms with Crippen LogP contribution < -0.4 is 5.73 Å². The van der Waals surface area contributed by atoms with Gasteiger partial charge in [-0.1, -0.05) is 13.8 Å². The molecule has 0 bridgehead atoms. The van der Waals surface area contributed by atoms with Crippen molar-refractivity contribution < 1.29 is 0 Å². The number of amidine groups is 1. The number of hydrogen-bond acceptors (Lipinski definition) is 3. The third kappa shape index (κ3) is 2.47. The Hall–Kier alpha value is -1.54. The summed E-state index contributed by atoms with van der Waals surface area (Å²) in [5.41, 5.74) is 5.77. The van der Waals surface area contributed by atoms with Crippen molar-refractivity contribution >= 4 is 11.7 Å². The van der Waals surface area contributed by atoms with Gasteiger partial charge in [0.1, 0.15) is 11.7 Å². The maximum absolute atomic E-state index is 5.77. The molecule has 0 amide bonds. The van der Waals surface area contributed by atoms with Crippen LogP contribution in [0.5, 0.6) is 0 Å². The maximum atomic E-state index is 5.77. The average molecular weight is 192 g/mol. The fourth-order valence-electron chi connectivity index (χ4n) is 1.15. The zero-order valence-electron chi connectivity index (χ0n) is 8.70. The first-order valence-corrected chi connectivity index (χ1v) is 4.86. The second kappa shape index (κ2) is 5.25. The van der Waals surface area contributed by atoms with E-state index in [1.807, 2.05) is 4.90 Å². The lowest BCUT2D eigenvalue weighted by atomic mass is 10.3. The fraction of sp³-hybridized carbons (Fsp3) is 0.500. The van der Waals surface area contributed by atoms with E-state index >= 15 is 0 Å². The van der Waals surface area contributed by atoms with Crippen molar-refractivity contribution in [3.8, 4) is 0 Å². The van der Waals surface area contributed by atoms with Crippen LogP contribution in [-0.4, -0.2) is 23.2 Å². The van der Waals surface area contributed by atoms with Crippen molar-refractivity contribution in [2.24, 2.45) is 15.7 Å². The fourth-order valence-corrected chi connectivity index (χ4v) is 1.15. The van der Waals surface area contributed by atoms with Crippen molar-refractivity contribution in [2.45, 2.75) is 26.7 Å². The summed E-state index contributed by atoms with van der Waals surface area (Å²) >= 11 is 0. The van der Waals surface area contributed by atoms with E-state index in [0.717, 1.165) is 25.2 Å². The first-order chi connectivity index (χ1) is 6.79. The largest absolute Gasteiger partial charge is 0.383 e. The zero-order valence-corrected chi connectivity index (χ0v) is 8.70. The minimum atomic E-state index is 0.598. The minimum Gasteiger partial charge on any atom is -0.383 e. The molecule has 0 fully saturated rings. The van der Waals surface area contributed by atoms with Gasteiger partial charge in [-0.25, -0.2) is 4.99 Å². The Morgan fingerprint density at radius 2 is 2.43 bits per heavy atom. The highest BCUT2D eigenvalue weighted by atomic mass is 15.2. The molecule has 1 aliphatic heterocycles.